The van der Waals surface area contributed by atoms with Crippen LogP contribution in [0.4, 0.5) is 4.79 Å². The molecule has 1 aromatic heterocycles. The van der Waals surface area contributed by atoms with Gasteiger partial charge in [0.25, 0.3) is 5.91 Å². The van der Waals surface area contributed by atoms with E-state index in [-0.39, 0.29) is 31.0 Å². The maximum Gasteiger partial charge on any atom is 0.318 e. The third-order valence-electron chi connectivity index (χ3n) is 6.93. The molecule has 11 nitrogen and oxygen atoms in total. The molecular formula is C33H44N6O5. The van der Waals surface area contributed by atoms with Crippen molar-refractivity contribution in [2.24, 2.45) is 11.7 Å². The van der Waals surface area contributed by atoms with Crippen molar-refractivity contribution in [2.75, 3.05) is 6.54 Å². The number of amides is 5. The number of fused-ring (bicyclic) bond motifs is 1. The predicted octanol–water partition coefficient (Wildman–Crippen LogP) is 3.11. The number of hydrogen-bond acceptors (Lipinski definition) is 6. The molecule has 0 saturated carbocycles. The van der Waals surface area contributed by atoms with Crippen molar-refractivity contribution in [3.8, 4) is 0 Å². The van der Waals surface area contributed by atoms with Crippen LogP contribution >= 0.6 is 0 Å². The Morgan fingerprint density at radius 3 is 2.16 bits per heavy atom. The standard InChI is InChI=1S/C33H44N6O5/c1-7-33(44,19-22-13-9-8-10-14-22)37-30(42)26(36-29(41)25-18-17-23-15-11-12-16-24(23)35-25)27(28(34)40)39(20-21(2)3)31(43)38-32(4,5)6/h8-18,21,26-27,44H,7,19-20H2,1-6H3,(H2,34,40)(H,36,41)(H,37,42)(H,38,43). The van der Waals surface area contributed by atoms with Crippen LogP contribution in [-0.2, 0) is 16.0 Å². The molecule has 3 unspecified atom stereocenters. The summed E-state index contributed by atoms with van der Waals surface area (Å²) >= 11 is 0. The summed E-state index contributed by atoms with van der Waals surface area (Å²) in [5.74, 6) is -2.79. The molecule has 0 aliphatic carbocycles. The van der Waals surface area contributed by atoms with Gasteiger partial charge in [-0.2, -0.15) is 0 Å². The Bertz CT molecular complexity index is 1470. The van der Waals surface area contributed by atoms with Crippen molar-refractivity contribution in [1.82, 2.24) is 25.8 Å². The Morgan fingerprint density at radius 1 is 0.932 bits per heavy atom. The number of pyridine rings is 1. The van der Waals surface area contributed by atoms with Gasteiger partial charge in [-0.3, -0.25) is 14.4 Å². The molecule has 3 atom stereocenters. The summed E-state index contributed by atoms with van der Waals surface area (Å²) in [6, 6.07) is 15.6. The topological polar surface area (TPSA) is 167 Å². The van der Waals surface area contributed by atoms with Gasteiger partial charge in [-0.05, 0) is 50.8 Å². The van der Waals surface area contributed by atoms with E-state index in [9.17, 15) is 24.3 Å². The van der Waals surface area contributed by atoms with Crippen LogP contribution in [0.25, 0.3) is 10.9 Å². The van der Waals surface area contributed by atoms with Gasteiger partial charge in [0.15, 0.2) is 0 Å². The highest BCUT2D eigenvalue weighted by atomic mass is 16.3. The number of carbonyl (C=O) groups is 4. The number of primary amides is 1. The molecule has 0 bridgehead atoms. The van der Waals surface area contributed by atoms with Gasteiger partial charge in [0.1, 0.15) is 23.5 Å². The van der Waals surface area contributed by atoms with Crippen LogP contribution in [0.15, 0.2) is 66.7 Å². The summed E-state index contributed by atoms with van der Waals surface area (Å²) in [4.78, 5) is 60.0. The molecule has 5 amide bonds. The lowest BCUT2D eigenvalue weighted by Gasteiger charge is -2.38. The maximum atomic E-state index is 14.1. The number of benzene rings is 2. The molecular weight excluding hydrogens is 560 g/mol. The minimum absolute atomic E-state index is 0.00527. The van der Waals surface area contributed by atoms with E-state index in [1.54, 1.807) is 45.9 Å². The second-order valence-electron chi connectivity index (χ2n) is 12.5. The van der Waals surface area contributed by atoms with E-state index in [4.69, 9.17) is 5.73 Å². The summed E-state index contributed by atoms with van der Waals surface area (Å²) in [7, 11) is 0. The van der Waals surface area contributed by atoms with E-state index in [1.165, 1.54) is 11.0 Å². The largest absolute Gasteiger partial charge is 0.371 e. The van der Waals surface area contributed by atoms with Crippen LogP contribution in [0.2, 0.25) is 0 Å². The lowest BCUT2D eigenvalue weighted by atomic mass is 9.97. The fraction of sp³-hybridized carbons (Fsp3) is 0.424. The van der Waals surface area contributed by atoms with Gasteiger partial charge < -0.3 is 31.7 Å². The van der Waals surface area contributed by atoms with Gasteiger partial charge in [0.2, 0.25) is 11.8 Å². The zero-order valence-electron chi connectivity index (χ0n) is 26.3. The van der Waals surface area contributed by atoms with Gasteiger partial charge in [-0.1, -0.05) is 75.4 Å². The van der Waals surface area contributed by atoms with Crippen molar-refractivity contribution in [3.05, 3.63) is 78.0 Å². The number of hydrogen-bond donors (Lipinski definition) is 5. The first-order valence-corrected chi connectivity index (χ1v) is 14.8. The van der Waals surface area contributed by atoms with Crippen LogP contribution in [0.1, 0.15) is 64.0 Å². The number of nitrogens with two attached hydrogens (primary N) is 1. The summed E-state index contributed by atoms with van der Waals surface area (Å²) in [5, 5.41) is 20.3. The number of carbonyl (C=O) groups excluding carboxylic acids is 4. The molecule has 3 rings (SSSR count). The average molecular weight is 605 g/mol. The molecule has 2 aromatic carbocycles. The number of nitrogens with one attached hydrogen (secondary N) is 3. The Balaban J connectivity index is 2.06. The number of aliphatic hydroxyl groups is 1. The quantitative estimate of drug-likeness (QED) is 0.199. The average Bonchev–Trinajstić information content (AvgIpc) is 2.95. The van der Waals surface area contributed by atoms with Crippen LogP contribution < -0.4 is 21.7 Å². The van der Waals surface area contributed by atoms with Crippen molar-refractivity contribution in [3.63, 3.8) is 0 Å². The minimum Gasteiger partial charge on any atom is -0.371 e. The smallest absolute Gasteiger partial charge is 0.318 e. The van der Waals surface area contributed by atoms with Crippen molar-refractivity contribution in [2.45, 2.75) is 77.7 Å². The number of urea groups is 1. The van der Waals surface area contributed by atoms with Gasteiger partial charge in [-0.15, -0.1) is 0 Å². The zero-order chi connectivity index (χ0) is 32.7. The third kappa shape index (κ3) is 9.24. The number of rotatable bonds is 12. The van der Waals surface area contributed by atoms with E-state index in [0.717, 1.165) is 10.9 Å². The van der Waals surface area contributed by atoms with E-state index in [0.29, 0.717) is 5.52 Å². The first-order valence-electron chi connectivity index (χ1n) is 14.8. The van der Waals surface area contributed by atoms with Crippen LogP contribution in [0.5, 0.6) is 0 Å². The van der Waals surface area contributed by atoms with Crippen LogP contribution in [0.3, 0.4) is 0 Å². The Labute approximate surface area is 258 Å². The molecule has 44 heavy (non-hydrogen) atoms. The van der Waals surface area contributed by atoms with Crippen LogP contribution in [0, 0.1) is 5.92 Å². The molecule has 1 heterocycles. The highest BCUT2D eigenvalue weighted by molar-refractivity contribution is 6.01. The second-order valence-corrected chi connectivity index (χ2v) is 12.5. The normalized spacial score (nSPS) is 14.3. The molecule has 0 spiro atoms. The SMILES string of the molecule is CCC(O)(Cc1ccccc1)NC(=O)C(NC(=O)c1ccc2ccccc2n1)C(C(N)=O)N(CC(C)C)C(=O)NC(C)(C)C. The summed E-state index contributed by atoms with van der Waals surface area (Å²) < 4.78 is 0. The first kappa shape index (κ1) is 34.0. The summed E-state index contributed by atoms with van der Waals surface area (Å²) in [5.41, 5.74) is 4.79. The van der Waals surface area contributed by atoms with Crippen molar-refractivity contribution in [1.29, 1.82) is 0 Å². The maximum absolute atomic E-state index is 14.1. The molecule has 236 valence electrons. The van der Waals surface area contributed by atoms with Crippen molar-refractivity contribution >= 4 is 34.7 Å². The van der Waals surface area contributed by atoms with Gasteiger partial charge in [0.05, 0.1) is 5.52 Å². The first-order chi connectivity index (χ1) is 20.6. The Kier molecular flexibility index (Phi) is 11.1. The van der Waals surface area contributed by atoms with Gasteiger partial charge in [-0.25, -0.2) is 9.78 Å². The minimum atomic E-state index is -1.73. The monoisotopic (exact) mass is 604 g/mol. The Morgan fingerprint density at radius 2 is 1.57 bits per heavy atom. The Hall–Kier alpha value is -4.51. The summed E-state index contributed by atoms with van der Waals surface area (Å²) in [6.07, 6.45) is 0.173. The number of para-hydroxylation sites is 1. The van der Waals surface area contributed by atoms with E-state index >= 15 is 0 Å². The lowest BCUT2D eigenvalue weighted by molar-refractivity contribution is -0.136. The molecule has 11 heteroatoms. The number of aromatic nitrogens is 1. The van der Waals surface area contributed by atoms with Crippen LogP contribution in [-0.4, -0.2) is 68.6 Å². The molecule has 0 aliphatic heterocycles. The van der Waals surface area contributed by atoms with Gasteiger partial charge in [0, 0.05) is 23.9 Å². The fourth-order valence-corrected chi connectivity index (χ4v) is 4.80. The molecule has 0 radical (unpaired) electrons. The summed E-state index contributed by atoms with van der Waals surface area (Å²) in [6.45, 7) is 10.8. The number of nitrogens with zero attached hydrogens (tertiary/aromatic N) is 2. The lowest BCUT2D eigenvalue weighted by Crippen LogP contribution is -2.68. The van der Waals surface area contributed by atoms with Crippen molar-refractivity contribution < 1.29 is 24.3 Å². The van der Waals surface area contributed by atoms with E-state index < -0.39 is 47.1 Å². The second kappa shape index (κ2) is 14.3. The molecule has 6 N–H and O–H groups in total. The van der Waals surface area contributed by atoms with Gasteiger partial charge >= 0.3 is 6.03 Å². The fourth-order valence-electron chi connectivity index (χ4n) is 4.80. The molecule has 3 aromatic rings. The molecule has 0 saturated heterocycles. The van der Waals surface area contributed by atoms with E-state index in [1.807, 2.05) is 56.3 Å². The molecule has 0 fully saturated rings. The zero-order valence-corrected chi connectivity index (χ0v) is 26.3. The predicted molar refractivity (Wildman–Crippen MR) is 169 cm³/mol. The molecule has 0 aliphatic rings. The highest BCUT2D eigenvalue weighted by Gasteiger charge is 2.43. The third-order valence-corrected chi connectivity index (χ3v) is 6.93. The highest BCUT2D eigenvalue weighted by Crippen LogP contribution is 2.18. The van der Waals surface area contributed by atoms with E-state index in [2.05, 4.69) is 20.9 Å².